The summed E-state index contributed by atoms with van der Waals surface area (Å²) >= 11 is 0. The number of phenols is 1. The van der Waals surface area contributed by atoms with E-state index in [1.807, 2.05) is 43.3 Å². The molecule has 3 heteroatoms. The maximum atomic E-state index is 12.8. The smallest absolute Gasteiger partial charge is 0.343 e. The fourth-order valence-electron chi connectivity index (χ4n) is 5.19. The van der Waals surface area contributed by atoms with Gasteiger partial charge in [0.2, 0.25) is 0 Å². The van der Waals surface area contributed by atoms with Gasteiger partial charge >= 0.3 is 5.97 Å². The molecule has 27 heavy (non-hydrogen) atoms. The summed E-state index contributed by atoms with van der Waals surface area (Å²) < 4.78 is 6.03. The normalized spacial score (nSPS) is 22.8. The van der Waals surface area contributed by atoms with Crippen LogP contribution in [0.5, 0.6) is 11.5 Å². The van der Waals surface area contributed by atoms with Gasteiger partial charge in [0, 0.05) is 21.9 Å². The van der Waals surface area contributed by atoms with E-state index in [2.05, 4.69) is 6.92 Å². The molecule has 2 bridgehead atoms. The predicted octanol–water partition coefficient (Wildman–Crippen LogP) is 5.68. The molecule has 2 aliphatic rings. The van der Waals surface area contributed by atoms with Crippen LogP contribution in [0.15, 0.2) is 48.5 Å². The number of hydrogen-bond acceptors (Lipinski definition) is 3. The van der Waals surface area contributed by atoms with Crippen molar-refractivity contribution in [3.8, 4) is 11.5 Å². The van der Waals surface area contributed by atoms with Gasteiger partial charge < -0.3 is 9.84 Å². The third kappa shape index (κ3) is 2.31. The Balaban J connectivity index is 1.75. The van der Waals surface area contributed by atoms with E-state index >= 15 is 0 Å². The minimum absolute atomic E-state index is 0.344. The third-order valence-corrected chi connectivity index (χ3v) is 6.41. The second kappa shape index (κ2) is 5.85. The number of ether oxygens (including phenoxy) is 1. The standard InChI is InChI=1S/C24H22O3/c1-13-7-6-10-17-19(13)23(27-24(26)15-8-4-3-5-9-15)20-16-11-14(2)18(12-16)21(20)22(17)25/h3-10,14,16,18,25H,11-12H2,1-2H3. The Morgan fingerprint density at radius 2 is 1.81 bits per heavy atom. The van der Waals surface area contributed by atoms with Crippen molar-refractivity contribution < 1.29 is 14.6 Å². The molecule has 3 nitrogen and oxygen atoms in total. The predicted molar refractivity (Wildman–Crippen MR) is 106 cm³/mol. The van der Waals surface area contributed by atoms with Gasteiger partial charge in [-0.1, -0.05) is 43.3 Å². The maximum Gasteiger partial charge on any atom is 0.343 e. The van der Waals surface area contributed by atoms with Crippen molar-refractivity contribution in [3.05, 3.63) is 70.8 Å². The first kappa shape index (κ1) is 16.4. The number of phenolic OH excluding ortho intramolecular Hbond substituents is 1. The lowest BCUT2D eigenvalue weighted by molar-refractivity contribution is 0.0735. The summed E-state index contributed by atoms with van der Waals surface area (Å²) in [6.45, 7) is 4.26. The monoisotopic (exact) mass is 358 g/mol. The zero-order valence-electron chi connectivity index (χ0n) is 15.5. The molecule has 3 atom stereocenters. The molecule has 1 saturated carbocycles. The summed E-state index contributed by atoms with van der Waals surface area (Å²) in [5.74, 6) is 1.95. The number of aryl methyl sites for hydroxylation is 1. The zero-order valence-corrected chi connectivity index (χ0v) is 15.5. The highest BCUT2D eigenvalue weighted by molar-refractivity contribution is 6.02. The van der Waals surface area contributed by atoms with Gasteiger partial charge in [-0.25, -0.2) is 4.79 Å². The molecule has 0 spiro atoms. The average molecular weight is 358 g/mol. The van der Waals surface area contributed by atoms with Crippen LogP contribution in [0.3, 0.4) is 0 Å². The van der Waals surface area contributed by atoms with Crippen LogP contribution in [0.4, 0.5) is 0 Å². The van der Waals surface area contributed by atoms with Crippen LogP contribution in [0.2, 0.25) is 0 Å². The minimum atomic E-state index is -0.344. The average Bonchev–Trinajstić information content (AvgIpc) is 3.23. The number of rotatable bonds is 2. The molecule has 3 unspecified atom stereocenters. The summed E-state index contributed by atoms with van der Waals surface area (Å²) in [5, 5.41) is 12.7. The Hall–Kier alpha value is -2.81. The minimum Gasteiger partial charge on any atom is -0.507 e. The largest absolute Gasteiger partial charge is 0.507 e. The molecular weight excluding hydrogens is 336 g/mol. The van der Waals surface area contributed by atoms with Crippen molar-refractivity contribution >= 4 is 16.7 Å². The first-order valence-corrected chi connectivity index (χ1v) is 9.61. The maximum absolute atomic E-state index is 12.8. The van der Waals surface area contributed by atoms with Crippen LogP contribution in [0.1, 0.15) is 58.6 Å². The fraction of sp³-hybridized carbons (Fsp3) is 0.292. The summed E-state index contributed by atoms with van der Waals surface area (Å²) in [6.07, 6.45) is 2.12. The van der Waals surface area contributed by atoms with Gasteiger partial charge in [-0.2, -0.15) is 0 Å². The summed E-state index contributed by atoms with van der Waals surface area (Å²) in [6, 6.07) is 15.0. The summed E-state index contributed by atoms with van der Waals surface area (Å²) in [7, 11) is 0. The van der Waals surface area contributed by atoms with E-state index in [0.717, 1.165) is 40.3 Å². The molecule has 0 aliphatic heterocycles. The Kier molecular flexibility index (Phi) is 3.55. The highest BCUT2D eigenvalue weighted by Crippen LogP contribution is 2.63. The number of carbonyl (C=O) groups is 1. The summed E-state index contributed by atoms with van der Waals surface area (Å²) in [4.78, 5) is 12.8. The van der Waals surface area contributed by atoms with Gasteiger partial charge in [0.25, 0.3) is 0 Å². The van der Waals surface area contributed by atoms with Crippen molar-refractivity contribution in [2.75, 3.05) is 0 Å². The second-order valence-electron chi connectivity index (χ2n) is 8.01. The number of fused-ring (bicyclic) bond motifs is 6. The van der Waals surface area contributed by atoms with Gasteiger partial charge in [0.05, 0.1) is 5.56 Å². The molecule has 2 aliphatic carbocycles. The quantitative estimate of drug-likeness (QED) is 0.473. The molecule has 5 rings (SSSR count). The van der Waals surface area contributed by atoms with E-state index in [1.54, 1.807) is 12.1 Å². The molecular formula is C24H22O3. The number of hydrogen-bond donors (Lipinski definition) is 1. The lowest BCUT2D eigenvalue weighted by Crippen LogP contribution is -2.14. The van der Waals surface area contributed by atoms with Crippen molar-refractivity contribution in [2.24, 2.45) is 5.92 Å². The van der Waals surface area contributed by atoms with Crippen molar-refractivity contribution in [3.63, 3.8) is 0 Å². The lowest BCUT2D eigenvalue weighted by atomic mass is 9.81. The van der Waals surface area contributed by atoms with Crippen molar-refractivity contribution in [2.45, 2.75) is 38.5 Å². The fourth-order valence-corrected chi connectivity index (χ4v) is 5.19. The van der Waals surface area contributed by atoms with Crippen LogP contribution in [0.25, 0.3) is 10.8 Å². The van der Waals surface area contributed by atoms with E-state index < -0.39 is 0 Å². The van der Waals surface area contributed by atoms with Gasteiger partial charge in [-0.05, 0) is 55.2 Å². The SMILES string of the molecule is Cc1cccc2c(O)c3c(c(OC(=O)c4ccccc4)c12)C1CC(C)C3C1. The Morgan fingerprint density at radius 1 is 1.04 bits per heavy atom. The van der Waals surface area contributed by atoms with E-state index in [0.29, 0.717) is 34.8 Å². The molecule has 136 valence electrons. The molecule has 1 fully saturated rings. The van der Waals surface area contributed by atoms with Crippen molar-refractivity contribution in [1.82, 2.24) is 0 Å². The molecule has 0 aromatic heterocycles. The molecule has 3 aromatic carbocycles. The van der Waals surface area contributed by atoms with Crippen LogP contribution in [-0.2, 0) is 0 Å². The third-order valence-electron chi connectivity index (χ3n) is 6.41. The first-order chi connectivity index (χ1) is 13.1. The first-order valence-electron chi connectivity index (χ1n) is 9.61. The van der Waals surface area contributed by atoms with E-state index in [4.69, 9.17) is 4.74 Å². The Labute approximate surface area is 158 Å². The van der Waals surface area contributed by atoms with Gasteiger partial charge in [-0.3, -0.25) is 0 Å². The van der Waals surface area contributed by atoms with Gasteiger partial charge in [-0.15, -0.1) is 0 Å². The molecule has 0 amide bonds. The van der Waals surface area contributed by atoms with Crippen LogP contribution in [0, 0.1) is 12.8 Å². The van der Waals surface area contributed by atoms with Gasteiger partial charge in [0.15, 0.2) is 0 Å². The topological polar surface area (TPSA) is 46.5 Å². The highest BCUT2D eigenvalue weighted by Gasteiger charge is 2.46. The highest BCUT2D eigenvalue weighted by atomic mass is 16.5. The van der Waals surface area contributed by atoms with Gasteiger partial charge in [0.1, 0.15) is 11.5 Å². The Morgan fingerprint density at radius 3 is 2.59 bits per heavy atom. The lowest BCUT2D eigenvalue weighted by Gasteiger charge is -2.26. The molecule has 1 N–H and O–H groups in total. The second-order valence-corrected chi connectivity index (χ2v) is 8.01. The number of carbonyl (C=O) groups excluding carboxylic acids is 1. The number of aromatic hydroxyl groups is 1. The van der Waals surface area contributed by atoms with E-state index in [9.17, 15) is 9.90 Å². The summed E-state index contributed by atoms with van der Waals surface area (Å²) in [5.41, 5.74) is 3.62. The molecule has 0 radical (unpaired) electrons. The molecule has 0 heterocycles. The molecule has 3 aromatic rings. The Bertz CT molecular complexity index is 1070. The van der Waals surface area contributed by atoms with E-state index in [-0.39, 0.29) is 5.97 Å². The van der Waals surface area contributed by atoms with E-state index in [1.165, 1.54) is 0 Å². The van der Waals surface area contributed by atoms with Crippen LogP contribution >= 0.6 is 0 Å². The number of benzene rings is 3. The van der Waals surface area contributed by atoms with Crippen LogP contribution < -0.4 is 4.74 Å². The van der Waals surface area contributed by atoms with Crippen molar-refractivity contribution in [1.29, 1.82) is 0 Å². The molecule has 0 saturated heterocycles. The number of esters is 1. The zero-order chi connectivity index (χ0) is 18.7. The van der Waals surface area contributed by atoms with Crippen LogP contribution in [-0.4, -0.2) is 11.1 Å².